The Morgan fingerprint density at radius 1 is 1.07 bits per heavy atom. The Balaban J connectivity index is 1.39. The minimum Gasteiger partial charge on any atom is -0.379 e. The standard InChI is InChI=1S/C21H28N4O3/c26-20(22-17-14-15-5-6-16(17)13-15)25-19-4-2-1-3-18(19)24(21(25)27)8-7-23-9-11-28-12-10-23/h1-4,15-17H,5-14H2,(H,22,26)/t15-,16-,17-/m1/s1. The van der Waals surface area contributed by atoms with Crippen LogP contribution in [0.3, 0.4) is 0 Å². The van der Waals surface area contributed by atoms with Gasteiger partial charge in [0.25, 0.3) is 0 Å². The first-order valence-electron chi connectivity index (χ1n) is 10.5. The summed E-state index contributed by atoms with van der Waals surface area (Å²) in [6.07, 6.45) is 4.77. The zero-order chi connectivity index (χ0) is 19.1. The Kier molecular flexibility index (Phi) is 4.72. The smallest absolute Gasteiger partial charge is 0.337 e. The van der Waals surface area contributed by atoms with Crippen molar-refractivity contribution in [3.63, 3.8) is 0 Å². The van der Waals surface area contributed by atoms with E-state index in [1.165, 1.54) is 23.8 Å². The van der Waals surface area contributed by atoms with Crippen LogP contribution in [0.2, 0.25) is 0 Å². The second-order valence-corrected chi connectivity index (χ2v) is 8.44. The lowest BCUT2D eigenvalue weighted by molar-refractivity contribution is 0.0364. The molecular weight excluding hydrogens is 356 g/mol. The SMILES string of the molecule is O=C(N[C@@H]1C[C@@H]2CC[C@@H]1C2)n1c(=O)n(CCN2CCOCC2)c2ccccc21. The van der Waals surface area contributed by atoms with Crippen LogP contribution in [-0.2, 0) is 11.3 Å². The Hall–Kier alpha value is -2.12. The van der Waals surface area contributed by atoms with Crippen LogP contribution in [0.25, 0.3) is 11.0 Å². The van der Waals surface area contributed by atoms with Gasteiger partial charge >= 0.3 is 11.7 Å². The third-order valence-electron chi connectivity index (χ3n) is 6.83. The summed E-state index contributed by atoms with van der Waals surface area (Å²) in [4.78, 5) is 28.5. The largest absolute Gasteiger partial charge is 0.379 e. The number of aromatic nitrogens is 2. The van der Waals surface area contributed by atoms with Crippen molar-refractivity contribution in [1.82, 2.24) is 19.4 Å². The number of ether oxygens (including phenoxy) is 1. The van der Waals surface area contributed by atoms with Crippen LogP contribution in [0.15, 0.2) is 29.1 Å². The van der Waals surface area contributed by atoms with Crippen LogP contribution in [0, 0.1) is 11.8 Å². The van der Waals surface area contributed by atoms with Crippen LogP contribution in [0.5, 0.6) is 0 Å². The molecule has 2 saturated carbocycles. The van der Waals surface area contributed by atoms with Gasteiger partial charge in [-0.05, 0) is 43.2 Å². The van der Waals surface area contributed by atoms with Crippen molar-refractivity contribution in [2.45, 2.75) is 38.3 Å². The van der Waals surface area contributed by atoms with Gasteiger partial charge in [-0.2, -0.15) is 0 Å². The number of amides is 1. The van der Waals surface area contributed by atoms with E-state index in [9.17, 15) is 9.59 Å². The predicted octanol–water partition coefficient (Wildman–Crippen LogP) is 1.88. The number of hydrogen-bond donors (Lipinski definition) is 1. The number of rotatable bonds is 4. The molecule has 1 N–H and O–H groups in total. The second-order valence-electron chi connectivity index (χ2n) is 8.44. The van der Waals surface area contributed by atoms with Gasteiger partial charge in [0.15, 0.2) is 0 Å². The molecule has 2 aliphatic carbocycles. The maximum Gasteiger partial charge on any atom is 0.337 e. The molecule has 28 heavy (non-hydrogen) atoms. The quantitative estimate of drug-likeness (QED) is 0.874. The molecule has 1 amide bonds. The summed E-state index contributed by atoms with van der Waals surface area (Å²) in [5.74, 6) is 1.33. The van der Waals surface area contributed by atoms with E-state index in [-0.39, 0.29) is 17.8 Å². The molecule has 7 nitrogen and oxygen atoms in total. The first-order chi connectivity index (χ1) is 13.7. The molecular formula is C21H28N4O3. The molecule has 150 valence electrons. The summed E-state index contributed by atoms with van der Waals surface area (Å²) in [5.41, 5.74) is 1.27. The molecule has 2 heterocycles. The molecule has 7 heteroatoms. The number of para-hydroxylation sites is 2. The monoisotopic (exact) mass is 384 g/mol. The van der Waals surface area contributed by atoms with E-state index in [2.05, 4.69) is 10.2 Å². The van der Waals surface area contributed by atoms with Gasteiger partial charge in [0, 0.05) is 32.2 Å². The number of nitrogens with zero attached hydrogens (tertiary/aromatic N) is 3. The molecule has 0 radical (unpaired) electrons. The summed E-state index contributed by atoms with van der Waals surface area (Å²) in [6, 6.07) is 7.54. The number of fused-ring (bicyclic) bond motifs is 3. The van der Waals surface area contributed by atoms with Gasteiger partial charge in [-0.25, -0.2) is 14.2 Å². The molecule has 2 bridgehead atoms. The van der Waals surface area contributed by atoms with Gasteiger partial charge in [-0.15, -0.1) is 0 Å². The lowest BCUT2D eigenvalue weighted by Gasteiger charge is -2.26. The van der Waals surface area contributed by atoms with Gasteiger partial charge in [-0.3, -0.25) is 9.47 Å². The average Bonchev–Trinajstić information content (AvgIpc) is 3.40. The highest BCUT2D eigenvalue weighted by atomic mass is 16.5. The average molecular weight is 384 g/mol. The number of nitrogens with one attached hydrogen (secondary N) is 1. The van der Waals surface area contributed by atoms with Gasteiger partial charge in [0.2, 0.25) is 0 Å². The van der Waals surface area contributed by atoms with Gasteiger partial charge < -0.3 is 10.1 Å². The van der Waals surface area contributed by atoms with E-state index in [1.54, 1.807) is 4.57 Å². The highest BCUT2D eigenvalue weighted by Crippen LogP contribution is 2.44. The molecule has 3 atom stereocenters. The maximum atomic E-state index is 13.2. The number of imidazole rings is 1. The third-order valence-corrected chi connectivity index (χ3v) is 6.83. The zero-order valence-electron chi connectivity index (χ0n) is 16.2. The van der Waals surface area contributed by atoms with E-state index in [4.69, 9.17) is 4.74 Å². The zero-order valence-corrected chi connectivity index (χ0v) is 16.2. The predicted molar refractivity (Wildman–Crippen MR) is 107 cm³/mol. The highest BCUT2D eigenvalue weighted by Gasteiger charge is 2.40. The Morgan fingerprint density at radius 2 is 1.86 bits per heavy atom. The minimum absolute atomic E-state index is 0.216. The fourth-order valence-corrected chi connectivity index (χ4v) is 5.33. The molecule has 1 aromatic heterocycles. The van der Waals surface area contributed by atoms with Crippen LogP contribution >= 0.6 is 0 Å². The fourth-order valence-electron chi connectivity index (χ4n) is 5.33. The van der Waals surface area contributed by atoms with Crippen molar-refractivity contribution < 1.29 is 9.53 Å². The van der Waals surface area contributed by atoms with Gasteiger partial charge in [-0.1, -0.05) is 18.6 Å². The summed E-state index contributed by atoms with van der Waals surface area (Å²) < 4.78 is 8.47. The molecule has 0 unspecified atom stereocenters. The van der Waals surface area contributed by atoms with Crippen molar-refractivity contribution >= 4 is 17.1 Å². The van der Waals surface area contributed by atoms with Crippen LogP contribution in [-0.4, -0.2) is 59.0 Å². The van der Waals surface area contributed by atoms with Crippen LogP contribution < -0.4 is 11.0 Å². The number of carbonyl (C=O) groups is 1. The molecule has 1 aromatic carbocycles. The maximum absolute atomic E-state index is 13.2. The van der Waals surface area contributed by atoms with E-state index in [1.807, 2.05) is 24.3 Å². The molecule has 5 rings (SSSR count). The van der Waals surface area contributed by atoms with Crippen molar-refractivity contribution in [1.29, 1.82) is 0 Å². The Labute approximate surface area is 164 Å². The van der Waals surface area contributed by atoms with Crippen LogP contribution in [0.4, 0.5) is 4.79 Å². The normalized spacial score (nSPS) is 27.5. The fraction of sp³-hybridized carbons (Fsp3) is 0.619. The first-order valence-corrected chi connectivity index (χ1v) is 10.5. The lowest BCUT2D eigenvalue weighted by atomic mass is 9.95. The van der Waals surface area contributed by atoms with Crippen molar-refractivity contribution in [2.24, 2.45) is 11.8 Å². The number of morpholine rings is 1. The van der Waals surface area contributed by atoms with E-state index in [0.717, 1.165) is 50.7 Å². The lowest BCUT2D eigenvalue weighted by Crippen LogP contribution is -2.44. The van der Waals surface area contributed by atoms with Crippen molar-refractivity contribution in [2.75, 3.05) is 32.8 Å². The van der Waals surface area contributed by atoms with E-state index < -0.39 is 0 Å². The number of hydrogen-bond acceptors (Lipinski definition) is 4. The topological polar surface area (TPSA) is 68.5 Å². The molecule has 1 aliphatic heterocycles. The summed E-state index contributed by atoms with van der Waals surface area (Å²) >= 11 is 0. The molecule has 3 aliphatic rings. The van der Waals surface area contributed by atoms with Crippen LogP contribution in [0.1, 0.15) is 25.7 Å². The summed E-state index contributed by atoms with van der Waals surface area (Å²) in [6.45, 7) is 4.61. The number of benzene rings is 1. The van der Waals surface area contributed by atoms with E-state index >= 15 is 0 Å². The molecule has 3 fully saturated rings. The second kappa shape index (κ2) is 7.37. The van der Waals surface area contributed by atoms with E-state index in [0.29, 0.717) is 18.0 Å². The van der Waals surface area contributed by atoms with Crippen molar-refractivity contribution in [3.8, 4) is 0 Å². The van der Waals surface area contributed by atoms with Crippen molar-refractivity contribution in [3.05, 3.63) is 34.7 Å². The van der Waals surface area contributed by atoms with Gasteiger partial charge in [0.05, 0.1) is 24.2 Å². The first kappa shape index (κ1) is 17.9. The molecule has 2 aromatic rings. The Bertz CT molecular complexity index is 927. The minimum atomic E-state index is -0.274. The highest BCUT2D eigenvalue weighted by molar-refractivity contribution is 5.89. The third kappa shape index (κ3) is 3.16. The Morgan fingerprint density at radius 3 is 2.57 bits per heavy atom. The molecule has 0 spiro atoms. The van der Waals surface area contributed by atoms with Gasteiger partial charge in [0.1, 0.15) is 0 Å². The summed E-state index contributed by atoms with van der Waals surface area (Å²) in [7, 11) is 0. The summed E-state index contributed by atoms with van der Waals surface area (Å²) in [5, 5.41) is 3.16. The molecule has 1 saturated heterocycles. The number of carbonyl (C=O) groups excluding carboxylic acids is 1.